The maximum Gasteiger partial charge on any atom is 0.0401 e. The molecule has 0 saturated carbocycles. The first-order chi connectivity index (χ1) is 8.18. The highest BCUT2D eigenvalue weighted by atomic mass is 14.6. The summed E-state index contributed by atoms with van der Waals surface area (Å²) in [5, 5.41) is 0. The van der Waals surface area contributed by atoms with E-state index in [4.69, 9.17) is 17.2 Å². The summed E-state index contributed by atoms with van der Waals surface area (Å²) >= 11 is 0. The van der Waals surface area contributed by atoms with Crippen molar-refractivity contribution in [3.63, 3.8) is 0 Å². The Morgan fingerprint density at radius 3 is 1.94 bits per heavy atom. The topological polar surface area (TPSA) is 78.1 Å². The van der Waals surface area contributed by atoms with Crippen molar-refractivity contribution in [3.8, 4) is 22.3 Å². The highest BCUT2D eigenvalue weighted by molar-refractivity contribution is 6.11. The van der Waals surface area contributed by atoms with E-state index in [1.54, 1.807) is 0 Å². The smallest absolute Gasteiger partial charge is 0.0401 e. The standard InChI is InChI=1S/C14H13N3/c15-8-3-1-4-9-10(7-8)14-12(17)6-2-5-11(16)13(9)14/h1-7H,15-17H2. The van der Waals surface area contributed by atoms with Gasteiger partial charge in [0.2, 0.25) is 0 Å². The van der Waals surface area contributed by atoms with E-state index in [1.165, 1.54) is 0 Å². The molecule has 3 aliphatic carbocycles. The summed E-state index contributed by atoms with van der Waals surface area (Å²) in [7, 11) is 0. The third-order valence-electron chi connectivity index (χ3n) is 3.07. The lowest BCUT2D eigenvalue weighted by Crippen LogP contribution is -2.02. The van der Waals surface area contributed by atoms with Gasteiger partial charge in [-0.1, -0.05) is 18.2 Å². The van der Waals surface area contributed by atoms with Gasteiger partial charge in [-0.15, -0.1) is 0 Å². The highest BCUT2D eigenvalue weighted by Gasteiger charge is 2.25. The predicted molar refractivity (Wildman–Crippen MR) is 72.9 cm³/mol. The molecule has 3 rings (SSSR count). The molecule has 0 aromatic rings. The first kappa shape index (κ1) is 9.78. The second kappa shape index (κ2) is 3.28. The van der Waals surface area contributed by atoms with Gasteiger partial charge in [0, 0.05) is 28.2 Å². The van der Waals surface area contributed by atoms with Gasteiger partial charge < -0.3 is 17.2 Å². The number of nitrogens with two attached hydrogens (primary N) is 3. The van der Waals surface area contributed by atoms with Gasteiger partial charge in [-0.05, 0) is 35.4 Å². The van der Waals surface area contributed by atoms with E-state index < -0.39 is 0 Å². The van der Waals surface area contributed by atoms with Gasteiger partial charge in [-0.3, -0.25) is 0 Å². The van der Waals surface area contributed by atoms with Crippen LogP contribution in [0.2, 0.25) is 0 Å². The molecular weight excluding hydrogens is 210 g/mol. The molecule has 0 unspecified atom stereocenters. The van der Waals surface area contributed by atoms with Crippen molar-refractivity contribution in [1.82, 2.24) is 0 Å². The summed E-state index contributed by atoms with van der Waals surface area (Å²) in [6.45, 7) is 0. The summed E-state index contributed by atoms with van der Waals surface area (Å²) in [6.07, 6.45) is 0. The van der Waals surface area contributed by atoms with E-state index in [9.17, 15) is 0 Å². The zero-order chi connectivity index (χ0) is 12.0. The van der Waals surface area contributed by atoms with Gasteiger partial charge in [0.25, 0.3) is 0 Å². The first-order valence-electron chi connectivity index (χ1n) is 5.43. The maximum absolute atomic E-state index is 6.03. The molecule has 0 radical (unpaired) electrons. The quantitative estimate of drug-likeness (QED) is 0.548. The second-order valence-electron chi connectivity index (χ2n) is 4.18. The monoisotopic (exact) mass is 223 g/mol. The van der Waals surface area contributed by atoms with E-state index in [0.29, 0.717) is 0 Å². The van der Waals surface area contributed by atoms with Gasteiger partial charge in [-0.25, -0.2) is 0 Å². The van der Waals surface area contributed by atoms with E-state index in [-0.39, 0.29) is 0 Å². The molecule has 0 bridgehead atoms. The van der Waals surface area contributed by atoms with Crippen LogP contribution in [0.5, 0.6) is 0 Å². The number of nitrogen functional groups attached to an aromatic ring is 3. The fraction of sp³-hybridized carbons (Fsp3) is 0. The fourth-order valence-electron chi connectivity index (χ4n) is 2.29. The SMILES string of the molecule is Nc1cccc2c3c(N)cccc(N)c-3c-2c1. The number of hydrogen-bond acceptors (Lipinski definition) is 3. The normalized spacial score (nSPS) is 11.1. The lowest BCUT2D eigenvalue weighted by Gasteiger charge is -2.23. The van der Waals surface area contributed by atoms with Gasteiger partial charge in [0.05, 0.1) is 0 Å². The van der Waals surface area contributed by atoms with Gasteiger partial charge in [0.15, 0.2) is 0 Å². The molecule has 0 atom stereocenters. The number of rotatable bonds is 0. The maximum atomic E-state index is 6.03. The molecule has 0 fully saturated rings. The Morgan fingerprint density at radius 2 is 1.24 bits per heavy atom. The van der Waals surface area contributed by atoms with Crippen LogP contribution in [0.15, 0.2) is 42.5 Å². The first-order valence-corrected chi connectivity index (χ1v) is 5.43. The molecule has 0 saturated heterocycles. The number of hydrogen-bond donors (Lipinski definition) is 3. The zero-order valence-electron chi connectivity index (χ0n) is 9.27. The van der Waals surface area contributed by atoms with Crippen LogP contribution in [0.25, 0.3) is 22.3 Å². The van der Waals surface area contributed by atoms with Gasteiger partial charge in [-0.2, -0.15) is 0 Å². The Balaban J connectivity index is 2.46. The third-order valence-corrected chi connectivity index (χ3v) is 3.07. The van der Waals surface area contributed by atoms with Gasteiger partial charge in [0.1, 0.15) is 0 Å². The molecule has 0 amide bonds. The van der Waals surface area contributed by atoms with E-state index >= 15 is 0 Å². The summed E-state index contributed by atoms with van der Waals surface area (Å²) in [4.78, 5) is 0. The minimum Gasteiger partial charge on any atom is -0.399 e. The van der Waals surface area contributed by atoms with Crippen molar-refractivity contribution in [2.45, 2.75) is 0 Å². The molecule has 0 heterocycles. The van der Waals surface area contributed by atoms with E-state index in [1.807, 2.05) is 42.5 Å². The van der Waals surface area contributed by atoms with Crippen LogP contribution in [-0.2, 0) is 0 Å². The van der Waals surface area contributed by atoms with Crippen LogP contribution in [0.3, 0.4) is 0 Å². The summed E-state index contributed by atoms with van der Waals surface area (Å²) in [5.41, 5.74) is 24.3. The fourth-order valence-corrected chi connectivity index (χ4v) is 2.29. The lowest BCUT2D eigenvalue weighted by molar-refractivity contribution is 1.59. The van der Waals surface area contributed by atoms with Crippen molar-refractivity contribution >= 4 is 17.1 Å². The summed E-state index contributed by atoms with van der Waals surface area (Å²) in [6, 6.07) is 13.4. The highest BCUT2D eigenvalue weighted by Crippen LogP contribution is 2.51. The minimum atomic E-state index is 0.723. The van der Waals surface area contributed by atoms with Crippen LogP contribution in [0, 0.1) is 0 Å². The van der Waals surface area contributed by atoms with Gasteiger partial charge >= 0.3 is 0 Å². The molecule has 6 N–H and O–H groups in total. The number of fused-ring (bicyclic) bond motifs is 4. The Bertz CT molecular complexity index is 646. The molecule has 0 spiro atoms. The van der Waals surface area contributed by atoms with Crippen LogP contribution >= 0.6 is 0 Å². The average molecular weight is 223 g/mol. The second-order valence-corrected chi connectivity index (χ2v) is 4.18. The van der Waals surface area contributed by atoms with Crippen molar-refractivity contribution in [3.05, 3.63) is 42.5 Å². The van der Waals surface area contributed by atoms with Crippen molar-refractivity contribution in [2.24, 2.45) is 0 Å². The molecule has 0 aliphatic heterocycles. The zero-order valence-corrected chi connectivity index (χ0v) is 9.27. The van der Waals surface area contributed by atoms with Crippen molar-refractivity contribution < 1.29 is 0 Å². The minimum absolute atomic E-state index is 0.723. The lowest BCUT2D eigenvalue weighted by atomic mass is 9.82. The molecule has 17 heavy (non-hydrogen) atoms. The Kier molecular flexibility index (Phi) is 1.89. The molecule has 3 aliphatic rings. The molecule has 0 aromatic carbocycles. The average Bonchev–Trinajstić information content (AvgIpc) is 2.48. The Hall–Kier alpha value is -2.42. The predicted octanol–water partition coefficient (Wildman–Crippen LogP) is 2.64. The summed E-state index contributed by atoms with van der Waals surface area (Å²) < 4.78 is 0. The largest absolute Gasteiger partial charge is 0.399 e. The third kappa shape index (κ3) is 1.29. The van der Waals surface area contributed by atoms with Crippen LogP contribution in [-0.4, -0.2) is 0 Å². The van der Waals surface area contributed by atoms with Crippen molar-refractivity contribution in [1.29, 1.82) is 0 Å². The number of anilines is 3. The van der Waals surface area contributed by atoms with Crippen LogP contribution in [0.1, 0.15) is 0 Å². The molecule has 3 heteroatoms. The van der Waals surface area contributed by atoms with E-state index in [2.05, 4.69) is 0 Å². The van der Waals surface area contributed by atoms with Crippen LogP contribution < -0.4 is 17.2 Å². The summed E-state index contributed by atoms with van der Waals surface area (Å²) in [5.74, 6) is 0. The Morgan fingerprint density at radius 1 is 0.647 bits per heavy atom. The van der Waals surface area contributed by atoms with Crippen molar-refractivity contribution in [2.75, 3.05) is 17.2 Å². The molecule has 84 valence electrons. The molecule has 3 nitrogen and oxygen atoms in total. The van der Waals surface area contributed by atoms with Crippen LogP contribution in [0.4, 0.5) is 17.1 Å². The molecular formula is C14H13N3. The molecule has 0 aromatic heterocycles. The Labute approximate surface area is 99.5 Å². The van der Waals surface area contributed by atoms with E-state index in [0.717, 1.165) is 39.3 Å².